The summed E-state index contributed by atoms with van der Waals surface area (Å²) >= 11 is 0. The van der Waals surface area contributed by atoms with Gasteiger partial charge in [0.05, 0.1) is 0 Å². The molecule has 1 atom stereocenters. The fourth-order valence-corrected chi connectivity index (χ4v) is 1.81. The molecule has 0 aliphatic heterocycles. The normalized spacial score (nSPS) is 12.8. The highest BCUT2D eigenvalue weighted by Gasteiger charge is 2.10. The van der Waals surface area contributed by atoms with Crippen LogP contribution in [0.5, 0.6) is 0 Å². The Morgan fingerprint density at radius 3 is 2.44 bits per heavy atom. The molecule has 0 saturated heterocycles. The Morgan fingerprint density at radius 1 is 1.12 bits per heavy atom. The van der Waals surface area contributed by atoms with E-state index in [0.717, 1.165) is 11.3 Å². The van der Waals surface area contributed by atoms with Gasteiger partial charge in [-0.3, -0.25) is 0 Å². The molecule has 0 bridgehead atoms. The minimum atomic E-state index is -0.556. The summed E-state index contributed by atoms with van der Waals surface area (Å²) in [5, 5.41) is 9.40. The van der Waals surface area contributed by atoms with Gasteiger partial charge < -0.3 is 9.52 Å². The van der Waals surface area contributed by atoms with E-state index in [9.17, 15) is 5.11 Å². The molecule has 84 valence electrons. The van der Waals surface area contributed by atoms with Crippen molar-refractivity contribution >= 4 is 0 Å². The first-order valence-electron chi connectivity index (χ1n) is 5.43. The number of hydrogen-bond acceptors (Lipinski definition) is 2. The summed E-state index contributed by atoms with van der Waals surface area (Å²) in [7, 11) is 0. The van der Waals surface area contributed by atoms with Gasteiger partial charge in [-0.1, -0.05) is 23.8 Å². The maximum absolute atomic E-state index is 9.40. The minimum Gasteiger partial charge on any atom is -0.458 e. The lowest BCUT2D eigenvalue weighted by atomic mass is 10.0. The minimum absolute atomic E-state index is 0.556. The molecule has 2 heteroatoms. The summed E-state index contributed by atoms with van der Waals surface area (Å²) < 4.78 is 5.60. The molecule has 0 amide bonds. The zero-order chi connectivity index (χ0) is 11.7. The van der Waals surface area contributed by atoms with E-state index in [1.807, 2.05) is 12.1 Å². The van der Waals surface area contributed by atoms with Gasteiger partial charge in [-0.25, -0.2) is 0 Å². The van der Waals surface area contributed by atoms with Crippen LogP contribution >= 0.6 is 0 Å². The number of aliphatic hydroxyl groups is 1. The van der Waals surface area contributed by atoms with Crippen molar-refractivity contribution in [3.05, 3.63) is 47.2 Å². The molecule has 1 aromatic carbocycles. The maximum atomic E-state index is 9.40. The van der Waals surface area contributed by atoms with Crippen molar-refractivity contribution in [2.75, 3.05) is 0 Å². The van der Waals surface area contributed by atoms with E-state index in [-0.39, 0.29) is 0 Å². The van der Waals surface area contributed by atoms with Crippen LogP contribution in [-0.4, -0.2) is 5.11 Å². The molecular formula is C14H16O2. The van der Waals surface area contributed by atoms with E-state index in [2.05, 4.69) is 32.0 Å². The monoisotopic (exact) mass is 216 g/mol. The van der Waals surface area contributed by atoms with Gasteiger partial charge in [0.2, 0.25) is 0 Å². The topological polar surface area (TPSA) is 33.4 Å². The smallest absolute Gasteiger partial charge is 0.134 e. The van der Waals surface area contributed by atoms with E-state index in [0.29, 0.717) is 5.76 Å². The highest BCUT2D eigenvalue weighted by atomic mass is 16.4. The van der Waals surface area contributed by atoms with E-state index in [4.69, 9.17) is 4.42 Å². The Morgan fingerprint density at radius 2 is 1.88 bits per heavy atom. The van der Waals surface area contributed by atoms with Gasteiger partial charge in [0.25, 0.3) is 0 Å². The van der Waals surface area contributed by atoms with E-state index in [1.165, 1.54) is 11.1 Å². The molecule has 1 aromatic heterocycles. The summed E-state index contributed by atoms with van der Waals surface area (Å²) in [6, 6.07) is 9.96. The van der Waals surface area contributed by atoms with Gasteiger partial charge in [0.1, 0.15) is 17.6 Å². The number of rotatable bonds is 2. The number of aryl methyl sites for hydroxylation is 2. The Labute approximate surface area is 95.5 Å². The molecule has 1 unspecified atom stereocenters. The third-order valence-electron chi connectivity index (χ3n) is 2.69. The average molecular weight is 216 g/mol. The molecule has 1 heterocycles. The highest BCUT2D eigenvalue weighted by Crippen LogP contribution is 2.28. The molecule has 16 heavy (non-hydrogen) atoms. The van der Waals surface area contributed by atoms with Crippen LogP contribution in [0.2, 0.25) is 0 Å². The van der Waals surface area contributed by atoms with Crippen molar-refractivity contribution in [3.63, 3.8) is 0 Å². The lowest BCUT2D eigenvalue weighted by Gasteiger charge is -2.04. The van der Waals surface area contributed by atoms with Crippen molar-refractivity contribution in [2.45, 2.75) is 26.9 Å². The van der Waals surface area contributed by atoms with Gasteiger partial charge in [-0.2, -0.15) is 0 Å². The number of benzene rings is 1. The SMILES string of the molecule is Cc1ccc(-c2ccc(C(C)O)o2)c(C)c1. The molecule has 0 fully saturated rings. The second-order valence-corrected chi connectivity index (χ2v) is 4.20. The Kier molecular flexibility index (Phi) is 2.84. The molecule has 0 saturated carbocycles. The summed E-state index contributed by atoms with van der Waals surface area (Å²) in [6.07, 6.45) is -0.556. The Hall–Kier alpha value is -1.54. The molecule has 0 aliphatic rings. The molecule has 0 radical (unpaired) electrons. The fourth-order valence-electron chi connectivity index (χ4n) is 1.81. The van der Waals surface area contributed by atoms with E-state index in [1.54, 1.807) is 6.92 Å². The number of hydrogen-bond donors (Lipinski definition) is 1. The van der Waals surface area contributed by atoms with Crippen molar-refractivity contribution in [1.82, 2.24) is 0 Å². The Balaban J connectivity index is 2.42. The quantitative estimate of drug-likeness (QED) is 0.831. The summed E-state index contributed by atoms with van der Waals surface area (Å²) in [6.45, 7) is 5.83. The van der Waals surface area contributed by atoms with Crippen molar-refractivity contribution in [2.24, 2.45) is 0 Å². The predicted molar refractivity (Wildman–Crippen MR) is 64.3 cm³/mol. The second kappa shape index (κ2) is 4.14. The summed E-state index contributed by atoms with van der Waals surface area (Å²) in [5.41, 5.74) is 3.51. The first-order valence-corrected chi connectivity index (χ1v) is 5.43. The van der Waals surface area contributed by atoms with Crippen LogP contribution in [0.4, 0.5) is 0 Å². The molecule has 2 nitrogen and oxygen atoms in total. The largest absolute Gasteiger partial charge is 0.458 e. The maximum Gasteiger partial charge on any atom is 0.134 e. The Bertz CT molecular complexity index is 495. The summed E-state index contributed by atoms with van der Waals surface area (Å²) in [5.74, 6) is 1.42. The fraction of sp³-hybridized carbons (Fsp3) is 0.286. The van der Waals surface area contributed by atoms with Gasteiger partial charge in [-0.15, -0.1) is 0 Å². The molecule has 2 aromatic rings. The van der Waals surface area contributed by atoms with Crippen LogP contribution < -0.4 is 0 Å². The van der Waals surface area contributed by atoms with Gasteiger partial charge in [0.15, 0.2) is 0 Å². The third kappa shape index (κ3) is 2.02. The van der Waals surface area contributed by atoms with Crippen LogP contribution in [0.1, 0.15) is 29.9 Å². The highest BCUT2D eigenvalue weighted by molar-refractivity contribution is 5.62. The zero-order valence-corrected chi connectivity index (χ0v) is 9.82. The molecule has 1 N–H and O–H groups in total. The van der Waals surface area contributed by atoms with E-state index >= 15 is 0 Å². The molecule has 0 spiro atoms. The van der Waals surface area contributed by atoms with Crippen LogP contribution in [0.3, 0.4) is 0 Å². The molecule has 2 rings (SSSR count). The van der Waals surface area contributed by atoms with Crippen molar-refractivity contribution in [3.8, 4) is 11.3 Å². The van der Waals surface area contributed by atoms with Crippen LogP contribution in [-0.2, 0) is 0 Å². The molecular weight excluding hydrogens is 200 g/mol. The molecule has 0 aliphatic carbocycles. The summed E-state index contributed by atoms with van der Waals surface area (Å²) in [4.78, 5) is 0. The van der Waals surface area contributed by atoms with Crippen molar-refractivity contribution < 1.29 is 9.52 Å². The first-order chi connectivity index (χ1) is 7.58. The predicted octanol–water partition coefficient (Wildman–Crippen LogP) is 3.62. The number of aliphatic hydroxyl groups excluding tert-OH is 1. The third-order valence-corrected chi connectivity index (χ3v) is 2.69. The van der Waals surface area contributed by atoms with Gasteiger partial charge in [0, 0.05) is 5.56 Å². The van der Waals surface area contributed by atoms with Gasteiger partial charge in [-0.05, 0) is 38.5 Å². The van der Waals surface area contributed by atoms with Crippen LogP contribution in [0.25, 0.3) is 11.3 Å². The second-order valence-electron chi connectivity index (χ2n) is 4.20. The first kappa shape index (κ1) is 11.0. The van der Waals surface area contributed by atoms with Crippen LogP contribution in [0, 0.1) is 13.8 Å². The van der Waals surface area contributed by atoms with Crippen LogP contribution in [0.15, 0.2) is 34.7 Å². The number of furan rings is 1. The average Bonchev–Trinajstić information content (AvgIpc) is 2.66. The lowest BCUT2D eigenvalue weighted by Crippen LogP contribution is -1.86. The lowest BCUT2D eigenvalue weighted by molar-refractivity contribution is 0.170. The van der Waals surface area contributed by atoms with Crippen molar-refractivity contribution in [1.29, 1.82) is 0 Å². The zero-order valence-electron chi connectivity index (χ0n) is 9.82. The van der Waals surface area contributed by atoms with Gasteiger partial charge >= 0.3 is 0 Å². The van der Waals surface area contributed by atoms with E-state index < -0.39 is 6.10 Å². The standard InChI is InChI=1S/C14H16O2/c1-9-4-5-12(10(2)8-9)14-7-6-13(16-14)11(3)15/h4-8,11,15H,1-3H3.